The summed E-state index contributed by atoms with van der Waals surface area (Å²) in [6, 6.07) is 12.6. The van der Waals surface area contributed by atoms with Crippen LogP contribution in [0.5, 0.6) is 0 Å². The minimum absolute atomic E-state index is 0.0506. The van der Waals surface area contributed by atoms with Crippen molar-refractivity contribution in [1.29, 1.82) is 0 Å². The van der Waals surface area contributed by atoms with Gasteiger partial charge in [-0.3, -0.25) is 9.59 Å². The summed E-state index contributed by atoms with van der Waals surface area (Å²) in [5.41, 5.74) is 2.94. The number of hydrogen-bond donors (Lipinski definition) is 2. The molecular formula is C26H27FN6O2. The zero-order valence-corrected chi connectivity index (χ0v) is 19.5. The molecule has 1 aromatic heterocycles. The molecule has 5 rings (SSSR count). The summed E-state index contributed by atoms with van der Waals surface area (Å²) in [6.07, 6.45) is 1.85. The fraction of sp³-hybridized carbons (Fsp3) is 0.308. The summed E-state index contributed by atoms with van der Waals surface area (Å²) >= 11 is 0. The lowest BCUT2D eigenvalue weighted by Crippen LogP contribution is -2.49. The first kappa shape index (κ1) is 22.8. The first-order chi connectivity index (χ1) is 17.0. The minimum Gasteiger partial charge on any atom is -0.369 e. The Bertz CT molecular complexity index is 1240. The van der Waals surface area contributed by atoms with E-state index in [0.717, 1.165) is 42.4 Å². The number of carbonyl (C=O) groups is 2. The number of fused-ring (bicyclic) bond motifs is 1. The first-order valence-corrected chi connectivity index (χ1v) is 11.8. The molecule has 0 bridgehead atoms. The van der Waals surface area contributed by atoms with Gasteiger partial charge in [0.1, 0.15) is 23.8 Å². The molecule has 9 heteroatoms. The van der Waals surface area contributed by atoms with Crippen molar-refractivity contribution in [1.82, 2.24) is 14.9 Å². The van der Waals surface area contributed by atoms with Crippen molar-refractivity contribution < 1.29 is 14.0 Å². The van der Waals surface area contributed by atoms with Crippen molar-refractivity contribution in [2.24, 2.45) is 0 Å². The van der Waals surface area contributed by atoms with Crippen LogP contribution >= 0.6 is 0 Å². The summed E-state index contributed by atoms with van der Waals surface area (Å²) in [5, 5.41) is 6.14. The number of piperazine rings is 1. The summed E-state index contributed by atoms with van der Waals surface area (Å²) in [6.45, 7) is 5.72. The third-order valence-corrected chi connectivity index (χ3v) is 6.51. The molecule has 180 valence electrons. The third-order valence-electron chi connectivity index (χ3n) is 6.51. The van der Waals surface area contributed by atoms with Crippen LogP contribution < -0.4 is 15.5 Å². The highest BCUT2D eigenvalue weighted by Gasteiger charge is 2.29. The van der Waals surface area contributed by atoms with Crippen LogP contribution in [-0.2, 0) is 11.2 Å². The average molecular weight is 475 g/mol. The molecule has 0 spiro atoms. The summed E-state index contributed by atoms with van der Waals surface area (Å²) < 4.78 is 13.1. The van der Waals surface area contributed by atoms with Crippen molar-refractivity contribution in [3.63, 3.8) is 0 Å². The van der Waals surface area contributed by atoms with E-state index in [1.807, 2.05) is 17.0 Å². The Morgan fingerprint density at radius 1 is 1.09 bits per heavy atom. The molecule has 2 aromatic carbocycles. The Morgan fingerprint density at radius 3 is 2.63 bits per heavy atom. The van der Waals surface area contributed by atoms with E-state index < -0.39 is 5.82 Å². The second-order valence-electron chi connectivity index (χ2n) is 8.95. The molecule has 35 heavy (non-hydrogen) atoms. The van der Waals surface area contributed by atoms with E-state index in [2.05, 4.69) is 32.4 Å². The molecule has 0 aliphatic carbocycles. The Labute approximate surface area is 203 Å². The van der Waals surface area contributed by atoms with E-state index in [0.29, 0.717) is 30.3 Å². The number of anilines is 3. The van der Waals surface area contributed by atoms with Gasteiger partial charge in [0.05, 0.1) is 6.42 Å². The van der Waals surface area contributed by atoms with Gasteiger partial charge in [-0.05, 0) is 42.0 Å². The van der Waals surface area contributed by atoms with Gasteiger partial charge in [-0.1, -0.05) is 19.1 Å². The molecule has 8 nitrogen and oxygen atoms in total. The lowest BCUT2D eigenvalue weighted by molar-refractivity contribution is -0.130. The van der Waals surface area contributed by atoms with Gasteiger partial charge in [0.25, 0.3) is 5.91 Å². The SMILES string of the molecule is CC1CNc2ncnc(N3CCN(C(=O)Cc4cccc(NC(=O)c5ccc(F)cc5)c4)CC3)c21. The predicted octanol–water partition coefficient (Wildman–Crippen LogP) is 3.29. The average Bonchev–Trinajstić information content (AvgIpc) is 3.26. The van der Waals surface area contributed by atoms with Gasteiger partial charge in [-0.15, -0.1) is 0 Å². The number of nitrogens with one attached hydrogen (secondary N) is 2. The summed E-state index contributed by atoms with van der Waals surface area (Å²) in [4.78, 5) is 38.4. The topological polar surface area (TPSA) is 90.5 Å². The first-order valence-electron chi connectivity index (χ1n) is 11.8. The second kappa shape index (κ2) is 9.69. The van der Waals surface area contributed by atoms with Crippen LogP contribution in [-0.4, -0.2) is 59.4 Å². The maximum absolute atomic E-state index is 13.1. The van der Waals surface area contributed by atoms with E-state index >= 15 is 0 Å². The molecule has 0 saturated carbocycles. The van der Waals surface area contributed by atoms with Crippen LogP contribution in [0.2, 0.25) is 0 Å². The van der Waals surface area contributed by atoms with Crippen LogP contribution in [0.1, 0.15) is 34.3 Å². The second-order valence-corrected chi connectivity index (χ2v) is 8.95. The number of carbonyl (C=O) groups excluding carboxylic acids is 2. The largest absolute Gasteiger partial charge is 0.369 e. The zero-order chi connectivity index (χ0) is 24.4. The molecule has 3 aromatic rings. The van der Waals surface area contributed by atoms with E-state index in [1.54, 1.807) is 18.5 Å². The summed E-state index contributed by atoms with van der Waals surface area (Å²) in [7, 11) is 0. The normalized spacial score (nSPS) is 17.0. The molecule has 2 amide bonds. The molecule has 2 N–H and O–H groups in total. The number of amides is 2. The highest BCUT2D eigenvalue weighted by atomic mass is 19.1. The molecular weight excluding hydrogens is 447 g/mol. The van der Waals surface area contributed by atoms with Crippen LogP contribution in [0.25, 0.3) is 0 Å². The number of rotatable bonds is 5. The van der Waals surface area contributed by atoms with E-state index in [4.69, 9.17) is 0 Å². The van der Waals surface area contributed by atoms with Gasteiger partial charge in [-0.2, -0.15) is 0 Å². The van der Waals surface area contributed by atoms with E-state index in [9.17, 15) is 14.0 Å². The lowest BCUT2D eigenvalue weighted by atomic mass is 10.1. The van der Waals surface area contributed by atoms with Crippen molar-refractivity contribution in [3.05, 3.63) is 77.4 Å². The van der Waals surface area contributed by atoms with E-state index in [-0.39, 0.29) is 18.2 Å². The molecule has 1 unspecified atom stereocenters. The molecule has 2 aliphatic heterocycles. The lowest BCUT2D eigenvalue weighted by Gasteiger charge is -2.36. The molecule has 1 fully saturated rings. The van der Waals surface area contributed by atoms with Crippen molar-refractivity contribution in [2.45, 2.75) is 19.3 Å². The molecule has 1 atom stereocenters. The number of halogens is 1. The van der Waals surface area contributed by atoms with Crippen LogP contribution in [0, 0.1) is 5.82 Å². The van der Waals surface area contributed by atoms with Gasteiger partial charge >= 0.3 is 0 Å². The standard InChI is InChI=1S/C26H27FN6O2/c1-17-15-28-24-23(17)25(30-16-29-24)33-11-9-32(10-12-33)22(34)14-18-3-2-4-21(13-18)31-26(35)19-5-7-20(27)8-6-19/h2-8,13,16-17H,9-12,14-15H2,1H3,(H,31,35)(H,28,29,30). The highest BCUT2D eigenvalue weighted by Crippen LogP contribution is 2.35. The zero-order valence-electron chi connectivity index (χ0n) is 19.5. The number of benzene rings is 2. The third kappa shape index (κ3) is 4.94. The smallest absolute Gasteiger partial charge is 0.255 e. The highest BCUT2D eigenvalue weighted by molar-refractivity contribution is 6.04. The van der Waals surface area contributed by atoms with Gasteiger partial charge in [0.15, 0.2) is 0 Å². The monoisotopic (exact) mass is 474 g/mol. The fourth-order valence-electron chi connectivity index (χ4n) is 4.60. The molecule has 0 radical (unpaired) electrons. The molecule has 3 heterocycles. The van der Waals surface area contributed by atoms with Crippen molar-refractivity contribution >= 4 is 29.1 Å². The molecule has 2 aliphatic rings. The van der Waals surface area contributed by atoms with Crippen LogP contribution in [0.15, 0.2) is 54.9 Å². The summed E-state index contributed by atoms with van der Waals surface area (Å²) in [5.74, 6) is 1.56. The van der Waals surface area contributed by atoms with Gasteiger partial charge < -0.3 is 20.4 Å². The minimum atomic E-state index is -0.393. The van der Waals surface area contributed by atoms with Crippen LogP contribution in [0.4, 0.5) is 21.7 Å². The van der Waals surface area contributed by atoms with Crippen molar-refractivity contribution in [2.75, 3.05) is 48.3 Å². The van der Waals surface area contributed by atoms with Gasteiger partial charge in [0.2, 0.25) is 5.91 Å². The Hall–Kier alpha value is -4.01. The maximum atomic E-state index is 13.1. The van der Waals surface area contributed by atoms with Gasteiger partial charge in [-0.25, -0.2) is 14.4 Å². The van der Waals surface area contributed by atoms with Gasteiger partial charge in [0, 0.05) is 55.5 Å². The number of hydrogen-bond acceptors (Lipinski definition) is 6. The Balaban J connectivity index is 1.18. The van der Waals surface area contributed by atoms with Crippen molar-refractivity contribution in [3.8, 4) is 0 Å². The number of aromatic nitrogens is 2. The maximum Gasteiger partial charge on any atom is 0.255 e. The Morgan fingerprint density at radius 2 is 1.86 bits per heavy atom. The number of nitrogens with zero attached hydrogens (tertiary/aromatic N) is 4. The Kier molecular flexibility index (Phi) is 6.31. The fourth-order valence-corrected chi connectivity index (χ4v) is 4.60. The molecule has 1 saturated heterocycles. The van der Waals surface area contributed by atoms with E-state index in [1.165, 1.54) is 24.3 Å². The van der Waals surface area contributed by atoms with Crippen LogP contribution in [0.3, 0.4) is 0 Å². The predicted molar refractivity (Wildman–Crippen MR) is 132 cm³/mol. The quantitative estimate of drug-likeness (QED) is 0.590.